The SMILES string of the molecule is CSCC[C@H](N)c1nc(-c2cc(Br)cs2)no1. The second kappa shape index (κ2) is 5.99. The van der Waals surface area contributed by atoms with E-state index >= 15 is 0 Å². The van der Waals surface area contributed by atoms with Crippen LogP contribution < -0.4 is 5.73 Å². The summed E-state index contributed by atoms with van der Waals surface area (Å²) in [6, 6.07) is 1.79. The van der Waals surface area contributed by atoms with Crippen LogP contribution in [0.3, 0.4) is 0 Å². The molecule has 2 heterocycles. The van der Waals surface area contributed by atoms with E-state index < -0.39 is 0 Å². The summed E-state index contributed by atoms with van der Waals surface area (Å²) in [5, 5.41) is 5.93. The molecular formula is C10H12BrN3OS2. The molecule has 0 spiro atoms. The first-order valence-electron chi connectivity index (χ1n) is 5.03. The number of hydrogen-bond donors (Lipinski definition) is 1. The first-order valence-corrected chi connectivity index (χ1v) is 8.10. The van der Waals surface area contributed by atoms with Crippen molar-refractivity contribution in [1.29, 1.82) is 0 Å². The van der Waals surface area contributed by atoms with Gasteiger partial charge in [0.25, 0.3) is 0 Å². The third-order valence-corrected chi connectivity index (χ3v) is 4.51. The number of rotatable bonds is 5. The summed E-state index contributed by atoms with van der Waals surface area (Å²) in [6.45, 7) is 0. The Morgan fingerprint density at radius 2 is 2.47 bits per heavy atom. The number of thioether (sulfide) groups is 1. The molecule has 0 radical (unpaired) electrons. The minimum atomic E-state index is -0.174. The number of halogens is 1. The highest BCUT2D eigenvalue weighted by molar-refractivity contribution is 9.10. The van der Waals surface area contributed by atoms with E-state index in [1.165, 1.54) is 0 Å². The molecule has 2 rings (SSSR count). The summed E-state index contributed by atoms with van der Waals surface area (Å²) in [4.78, 5) is 5.30. The molecule has 0 amide bonds. The lowest BCUT2D eigenvalue weighted by Crippen LogP contribution is -2.11. The molecule has 2 aromatic heterocycles. The van der Waals surface area contributed by atoms with Crippen molar-refractivity contribution in [3.63, 3.8) is 0 Å². The Morgan fingerprint density at radius 3 is 3.12 bits per heavy atom. The molecule has 17 heavy (non-hydrogen) atoms. The second-order valence-corrected chi connectivity index (χ2v) is 6.29. The van der Waals surface area contributed by atoms with Crippen LogP contribution in [-0.2, 0) is 0 Å². The standard InChI is InChI=1S/C10H12BrN3OS2/c1-16-3-2-7(12)10-13-9(14-15-10)8-4-6(11)5-17-8/h4-5,7H,2-3,12H2,1H3/t7-/m0/s1. The van der Waals surface area contributed by atoms with Gasteiger partial charge in [-0.15, -0.1) is 11.3 Å². The topological polar surface area (TPSA) is 64.9 Å². The number of nitrogens with two attached hydrogens (primary N) is 1. The molecule has 0 aliphatic carbocycles. The Kier molecular flexibility index (Phi) is 4.61. The van der Waals surface area contributed by atoms with E-state index in [-0.39, 0.29) is 6.04 Å². The highest BCUT2D eigenvalue weighted by Crippen LogP contribution is 2.28. The highest BCUT2D eigenvalue weighted by atomic mass is 79.9. The molecule has 2 N–H and O–H groups in total. The van der Waals surface area contributed by atoms with E-state index in [1.807, 2.05) is 11.4 Å². The minimum absolute atomic E-state index is 0.174. The first kappa shape index (κ1) is 13.1. The van der Waals surface area contributed by atoms with E-state index in [4.69, 9.17) is 10.3 Å². The average Bonchev–Trinajstić information content (AvgIpc) is 2.93. The molecule has 2 aromatic rings. The van der Waals surface area contributed by atoms with E-state index in [1.54, 1.807) is 23.1 Å². The summed E-state index contributed by atoms with van der Waals surface area (Å²) >= 11 is 6.72. The largest absolute Gasteiger partial charge is 0.337 e. The maximum absolute atomic E-state index is 5.96. The average molecular weight is 334 g/mol. The normalized spacial score (nSPS) is 12.9. The van der Waals surface area contributed by atoms with Crippen molar-refractivity contribution in [2.45, 2.75) is 12.5 Å². The second-order valence-electron chi connectivity index (χ2n) is 3.47. The molecule has 0 saturated carbocycles. The van der Waals surface area contributed by atoms with Gasteiger partial charge in [0.05, 0.1) is 10.9 Å². The maximum atomic E-state index is 5.96. The van der Waals surface area contributed by atoms with Gasteiger partial charge in [-0.2, -0.15) is 16.7 Å². The van der Waals surface area contributed by atoms with E-state index in [2.05, 4.69) is 32.3 Å². The summed E-state index contributed by atoms with van der Waals surface area (Å²) < 4.78 is 6.21. The molecule has 0 aliphatic rings. The lowest BCUT2D eigenvalue weighted by atomic mass is 10.2. The molecule has 1 atom stereocenters. The fraction of sp³-hybridized carbons (Fsp3) is 0.400. The van der Waals surface area contributed by atoms with Gasteiger partial charge in [-0.05, 0) is 40.4 Å². The van der Waals surface area contributed by atoms with Crippen molar-refractivity contribution in [1.82, 2.24) is 10.1 Å². The number of thiophene rings is 1. The monoisotopic (exact) mass is 333 g/mol. The van der Waals surface area contributed by atoms with Gasteiger partial charge < -0.3 is 10.3 Å². The lowest BCUT2D eigenvalue weighted by molar-refractivity contribution is 0.353. The van der Waals surface area contributed by atoms with Gasteiger partial charge >= 0.3 is 0 Å². The third-order valence-electron chi connectivity index (χ3n) is 2.18. The fourth-order valence-electron chi connectivity index (χ4n) is 1.28. The van der Waals surface area contributed by atoms with Crippen molar-refractivity contribution in [2.24, 2.45) is 5.73 Å². The Bertz CT molecular complexity index is 485. The fourth-order valence-corrected chi connectivity index (χ4v) is 3.13. The van der Waals surface area contributed by atoms with Crippen LogP contribution in [0.2, 0.25) is 0 Å². The molecule has 0 bridgehead atoms. The van der Waals surface area contributed by atoms with Crippen LogP contribution in [0.15, 0.2) is 20.4 Å². The van der Waals surface area contributed by atoms with Gasteiger partial charge in [0.1, 0.15) is 0 Å². The smallest absolute Gasteiger partial charge is 0.243 e. The summed E-state index contributed by atoms with van der Waals surface area (Å²) in [5.41, 5.74) is 5.96. The molecule has 92 valence electrons. The van der Waals surface area contributed by atoms with Crippen LogP contribution in [0.1, 0.15) is 18.4 Å². The number of nitrogens with zero attached hydrogens (tertiary/aromatic N) is 2. The van der Waals surface area contributed by atoms with Gasteiger partial charge in [0.2, 0.25) is 11.7 Å². The zero-order chi connectivity index (χ0) is 12.3. The molecule has 0 aliphatic heterocycles. The molecule has 0 saturated heterocycles. The van der Waals surface area contributed by atoms with Gasteiger partial charge in [0.15, 0.2) is 0 Å². The van der Waals surface area contributed by atoms with Crippen molar-refractivity contribution in [3.05, 3.63) is 21.8 Å². The summed E-state index contributed by atoms with van der Waals surface area (Å²) in [5.74, 6) is 2.11. The summed E-state index contributed by atoms with van der Waals surface area (Å²) in [6.07, 6.45) is 2.89. The maximum Gasteiger partial charge on any atom is 0.243 e. The van der Waals surface area contributed by atoms with Crippen molar-refractivity contribution >= 4 is 39.0 Å². The Balaban J connectivity index is 2.10. The van der Waals surface area contributed by atoms with Gasteiger partial charge in [-0.1, -0.05) is 5.16 Å². The minimum Gasteiger partial charge on any atom is -0.337 e. The summed E-state index contributed by atoms with van der Waals surface area (Å²) in [7, 11) is 0. The van der Waals surface area contributed by atoms with E-state index in [0.29, 0.717) is 11.7 Å². The zero-order valence-corrected chi connectivity index (χ0v) is 12.4. The van der Waals surface area contributed by atoms with Crippen molar-refractivity contribution < 1.29 is 4.52 Å². The molecule has 0 unspecified atom stereocenters. The Morgan fingerprint density at radius 1 is 1.65 bits per heavy atom. The van der Waals surface area contributed by atoms with Gasteiger partial charge in [-0.3, -0.25) is 0 Å². The van der Waals surface area contributed by atoms with Crippen LogP contribution in [0.25, 0.3) is 10.7 Å². The first-order chi connectivity index (χ1) is 8.20. The van der Waals surface area contributed by atoms with E-state index in [0.717, 1.165) is 21.5 Å². The molecule has 4 nitrogen and oxygen atoms in total. The molecule has 0 aromatic carbocycles. The molecule has 0 fully saturated rings. The highest BCUT2D eigenvalue weighted by Gasteiger charge is 2.16. The molecule has 7 heteroatoms. The van der Waals surface area contributed by atoms with Crippen LogP contribution in [0.5, 0.6) is 0 Å². The van der Waals surface area contributed by atoms with Crippen LogP contribution in [0.4, 0.5) is 0 Å². The predicted molar refractivity (Wildman–Crippen MR) is 75.2 cm³/mol. The van der Waals surface area contributed by atoms with Crippen LogP contribution in [-0.4, -0.2) is 22.1 Å². The van der Waals surface area contributed by atoms with Gasteiger partial charge in [0, 0.05) is 9.85 Å². The molecular weight excluding hydrogens is 322 g/mol. The third kappa shape index (κ3) is 3.31. The van der Waals surface area contributed by atoms with Gasteiger partial charge in [-0.25, -0.2) is 0 Å². The number of hydrogen-bond acceptors (Lipinski definition) is 6. The van der Waals surface area contributed by atoms with Crippen LogP contribution >= 0.6 is 39.0 Å². The Labute approximate surface area is 116 Å². The van der Waals surface area contributed by atoms with Crippen LogP contribution in [0, 0.1) is 0 Å². The zero-order valence-electron chi connectivity index (χ0n) is 9.22. The number of aromatic nitrogens is 2. The predicted octanol–water partition coefficient (Wildman–Crippen LogP) is 3.31. The Hall–Kier alpha value is -0.370. The van der Waals surface area contributed by atoms with Crippen molar-refractivity contribution in [2.75, 3.05) is 12.0 Å². The van der Waals surface area contributed by atoms with E-state index in [9.17, 15) is 0 Å². The lowest BCUT2D eigenvalue weighted by Gasteiger charge is -2.03. The quantitative estimate of drug-likeness (QED) is 0.909. The van der Waals surface area contributed by atoms with Crippen molar-refractivity contribution in [3.8, 4) is 10.7 Å².